The van der Waals surface area contributed by atoms with Gasteiger partial charge in [-0.25, -0.2) is 4.98 Å². The average Bonchev–Trinajstić information content (AvgIpc) is 2.69. The van der Waals surface area contributed by atoms with Crippen LogP contribution in [0, 0.1) is 6.92 Å². The normalized spacial score (nSPS) is 14.7. The summed E-state index contributed by atoms with van der Waals surface area (Å²) >= 11 is 3.39. The zero-order valence-corrected chi connectivity index (χ0v) is 11.7. The Balaban J connectivity index is 2.18. The number of hydrogen-bond donors (Lipinski definition) is 0. The zero-order valence-electron chi connectivity index (χ0n) is 10.1. The molecule has 0 saturated heterocycles. The highest BCUT2D eigenvalue weighted by Crippen LogP contribution is 2.27. The van der Waals surface area contributed by atoms with Gasteiger partial charge in [0.05, 0.1) is 0 Å². The Morgan fingerprint density at radius 2 is 2.17 bits per heavy atom. The molecule has 3 rings (SSSR count). The SMILES string of the molecule is Cc1cc2c(n1-c1ccc(Br)cn1)CCCC2=O. The first-order valence-corrected chi connectivity index (χ1v) is 6.82. The average molecular weight is 305 g/mol. The highest BCUT2D eigenvalue weighted by Gasteiger charge is 2.23. The monoisotopic (exact) mass is 304 g/mol. The topological polar surface area (TPSA) is 34.9 Å². The Hall–Kier alpha value is -1.42. The van der Waals surface area contributed by atoms with Gasteiger partial charge in [0.25, 0.3) is 0 Å². The quantitative estimate of drug-likeness (QED) is 0.808. The molecular weight excluding hydrogens is 292 g/mol. The molecule has 3 nitrogen and oxygen atoms in total. The Bertz CT molecular complexity index is 613. The summed E-state index contributed by atoms with van der Waals surface area (Å²) in [5.74, 6) is 1.14. The third-order valence-corrected chi connectivity index (χ3v) is 3.81. The number of ketones is 1. The molecule has 2 aromatic heterocycles. The molecule has 0 aromatic carbocycles. The summed E-state index contributed by atoms with van der Waals surface area (Å²) in [6.45, 7) is 2.02. The van der Waals surface area contributed by atoms with Gasteiger partial charge < -0.3 is 4.57 Å². The van der Waals surface area contributed by atoms with Crippen LogP contribution in [0.4, 0.5) is 0 Å². The van der Waals surface area contributed by atoms with E-state index in [1.54, 1.807) is 6.20 Å². The van der Waals surface area contributed by atoms with Gasteiger partial charge in [0.2, 0.25) is 0 Å². The summed E-state index contributed by atoms with van der Waals surface area (Å²) in [5, 5.41) is 0. The van der Waals surface area contributed by atoms with E-state index in [1.165, 1.54) is 0 Å². The molecule has 0 fully saturated rings. The molecule has 92 valence electrons. The molecule has 0 amide bonds. The second kappa shape index (κ2) is 4.35. The Labute approximate surface area is 114 Å². The van der Waals surface area contributed by atoms with Gasteiger partial charge in [-0.1, -0.05) is 0 Å². The van der Waals surface area contributed by atoms with Crippen molar-refractivity contribution >= 4 is 21.7 Å². The number of nitrogens with zero attached hydrogens (tertiary/aromatic N) is 2. The summed E-state index contributed by atoms with van der Waals surface area (Å²) in [4.78, 5) is 16.3. The van der Waals surface area contributed by atoms with E-state index in [0.717, 1.165) is 40.1 Å². The van der Waals surface area contributed by atoms with Crippen molar-refractivity contribution in [1.29, 1.82) is 0 Å². The number of Topliss-reactive ketones (excluding diaryl/α,β-unsaturated/α-hetero) is 1. The predicted octanol–water partition coefficient (Wildman–Crippen LogP) is 3.46. The molecule has 4 heteroatoms. The summed E-state index contributed by atoms with van der Waals surface area (Å²) in [6, 6.07) is 5.93. The van der Waals surface area contributed by atoms with Gasteiger partial charge in [-0.3, -0.25) is 4.79 Å². The van der Waals surface area contributed by atoms with Crippen molar-refractivity contribution in [3.05, 3.63) is 45.8 Å². The van der Waals surface area contributed by atoms with Crippen LogP contribution in [0.5, 0.6) is 0 Å². The van der Waals surface area contributed by atoms with Gasteiger partial charge >= 0.3 is 0 Å². The van der Waals surface area contributed by atoms with E-state index in [9.17, 15) is 4.79 Å². The van der Waals surface area contributed by atoms with Crippen molar-refractivity contribution in [2.75, 3.05) is 0 Å². The number of carbonyl (C=O) groups is 1. The third-order valence-electron chi connectivity index (χ3n) is 3.35. The van der Waals surface area contributed by atoms with Crippen molar-refractivity contribution in [2.24, 2.45) is 0 Å². The van der Waals surface area contributed by atoms with Crippen molar-refractivity contribution < 1.29 is 4.79 Å². The Morgan fingerprint density at radius 1 is 1.33 bits per heavy atom. The van der Waals surface area contributed by atoms with Crippen LogP contribution in [0.25, 0.3) is 5.82 Å². The minimum Gasteiger partial charge on any atom is -0.302 e. The van der Waals surface area contributed by atoms with E-state index in [2.05, 4.69) is 25.5 Å². The van der Waals surface area contributed by atoms with Gasteiger partial charge in [-0.15, -0.1) is 0 Å². The maximum Gasteiger partial charge on any atom is 0.164 e. The Kier molecular flexibility index (Phi) is 2.82. The van der Waals surface area contributed by atoms with E-state index in [0.29, 0.717) is 6.42 Å². The number of fused-ring (bicyclic) bond motifs is 1. The van der Waals surface area contributed by atoms with Crippen LogP contribution in [-0.4, -0.2) is 15.3 Å². The molecule has 0 N–H and O–H groups in total. The second-order valence-electron chi connectivity index (χ2n) is 4.59. The van der Waals surface area contributed by atoms with Crippen LogP contribution in [-0.2, 0) is 6.42 Å². The van der Waals surface area contributed by atoms with Crippen LogP contribution >= 0.6 is 15.9 Å². The standard InChI is InChI=1S/C14H13BrN2O/c1-9-7-11-12(3-2-4-13(11)18)17(9)14-6-5-10(15)8-16-14/h5-8H,2-4H2,1H3. The van der Waals surface area contributed by atoms with Crippen LogP contribution in [0.3, 0.4) is 0 Å². The zero-order chi connectivity index (χ0) is 12.7. The number of aromatic nitrogens is 2. The fourth-order valence-corrected chi connectivity index (χ4v) is 2.78. The first-order valence-electron chi connectivity index (χ1n) is 6.03. The van der Waals surface area contributed by atoms with Crippen LogP contribution < -0.4 is 0 Å². The van der Waals surface area contributed by atoms with E-state index >= 15 is 0 Å². The number of pyridine rings is 1. The summed E-state index contributed by atoms with van der Waals surface area (Å²) in [6.07, 6.45) is 4.34. The lowest BCUT2D eigenvalue weighted by atomic mass is 9.97. The fraction of sp³-hybridized carbons (Fsp3) is 0.286. The lowest BCUT2D eigenvalue weighted by Crippen LogP contribution is -2.13. The summed E-state index contributed by atoms with van der Waals surface area (Å²) < 4.78 is 3.06. The number of aryl methyl sites for hydroxylation is 1. The second-order valence-corrected chi connectivity index (χ2v) is 5.51. The van der Waals surface area contributed by atoms with E-state index in [1.807, 2.05) is 25.1 Å². The minimum atomic E-state index is 0.259. The maximum absolute atomic E-state index is 11.9. The van der Waals surface area contributed by atoms with Crippen molar-refractivity contribution in [2.45, 2.75) is 26.2 Å². The van der Waals surface area contributed by atoms with Gasteiger partial charge in [0.1, 0.15) is 5.82 Å². The van der Waals surface area contributed by atoms with E-state index in [4.69, 9.17) is 0 Å². The van der Waals surface area contributed by atoms with Crippen LogP contribution in [0.1, 0.15) is 34.6 Å². The van der Waals surface area contributed by atoms with Crippen LogP contribution in [0.2, 0.25) is 0 Å². The molecule has 0 spiro atoms. The highest BCUT2D eigenvalue weighted by molar-refractivity contribution is 9.10. The summed E-state index contributed by atoms with van der Waals surface area (Å²) in [7, 11) is 0. The highest BCUT2D eigenvalue weighted by atomic mass is 79.9. The van der Waals surface area contributed by atoms with Crippen molar-refractivity contribution in [3.63, 3.8) is 0 Å². The number of hydrogen-bond acceptors (Lipinski definition) is 2. The molecule has 1 aliphatic carbocycles. The molecule has 2 heterocycles. The lowest BCUT2D eigenvalue weighted by molar-refractivity contribution is 0.0972. The summed E-state index contributed by atoms with van der Waals surface area (Å²) in [5.41, 5.74) is 3.06. The third kappa shape index (κ3) is 1.81. The number of rotatable bonds is 1. The predicted molar refractivity (Wildman–Crippen MR) is 73.3 cm³/mol. The first-order chi connectivity index (χ1) is 8.66. The van der Waals surface area contributed by atoms with Gasteiger partial charge in [0, 0.05) is 34.0 Å². The first kappa shape index (κ1) is 11.7. The van der Waals surface area contributed by atoms with Crippen LogP contribution in [0.15, 0.2) is 28.9 Å². The Morgan fingerprint density at radius 3 is 2.89 bits per heavy atom. The molecule has 0 bridgehead atoms. The molecule has 18 heavy (non-hydrogen) atoms. The molecule has 1 aliphatic rings. The largest absolute Gasteiger partial charge is 0.302 e. The van der Waals surface area contributed by atoms with E-state index in [-0.39, 0.29) is 5.78 Å². The van der Waals surface area contributed by atoms with E-state index < -0.39 is 0 Å². The molecule has 0 atom stereocenters. The number of halogens is 1. The maximum atomic E-state index is 11.9. The van der Waals surface area contributed by atoms with Gasteiger partial charge in [-0.2, -0.15) is 0 Å². The molecule has 0 saturated carbocycles. The minimum absolute atomic E-state index is 0.259. The fourth-order valence-electron chi connectivity index (χ4n) is 2.55. The van der Waals surface area contributed by atoms with Crippen molar-refractivity contribution in [3.8, 4) is 5.82 Å². The van der Waals surface area contributed by atoms with Gasteiger partial charge in [0.15, 0.2) is 5.78 Å². The molecule has 0 radical (unpaired) electrons. The number of carbonyl (C=O) groups excluding carboxylic acids is 1. The lowest BCUT2D eigenvalue weighted by Gasteiger charge is -2.15. The van der Waals surface area contributed by atoms with Gasteiger partial charge in [-0.05, 0) is 53.9 Å². The molecule has 0 aliphatic heterocycles. The molecular formula is C14H13BrN2O. The molecule has 2 aromatic rings. The van der Waals surface area contributed by atoms with Crippen molar-refractivity contribution in [1.82, 2.24) is 9.55 Å². The molecule has 0 unspecified atom stereocenters. The smallest absolute Gasteiger partial charge is 0.164 e.